The van der Waals surface area contributed by atoms with E-state index in [1.807, 2.05) is 0 Å². The summed E-state index contributed by atoms with van der Waals surface area (Å²) in [6, 6.07) is 13.4. The van der Waals surface area contributed by atoms with Gasteiger partial charge in [-0.15, -0.1) is 0 Å². The standard InChI is InChI=1S/C12H11NO3S/c13-9-1-3-10(4-2-9)16-11-5-7-12(8-6-11)17(14)15/h1-8H,13H2,(H,14,15). The number of nitrogens with two attached hydrogens (primary N) is 1. The Morgan fingerprint density at radius 1 is 0.941 bits per heavy atom. The lowest BCUT2D eigenvalue weighted by Crippen LogP contribution is -1.89. The summed E-state index contributed by atoms with van der Waals surface area (Å²) in [6.45, 7) is 0. The number of rotatable bonds is 3. The van der Waals surface area contributed by atoms with Gasteiger partial charge in [0.05, 0.1) is 4.90 Å². The van der Waals surface area contributed by atoms with Crippen LogP contribution in [0.1, 0.15) is 0 Å². The molecule has 88 valence electrons. The summed E-state index contributed by atoms with van der Waals surface area (Å²) in [4.78, 5) is 0.342. The molecule has 5 heteroatoms. The minimum atomic E-state index is -1.96. The summed E-state index contributed by atoms with van der Waals surface area (Å²) >= 11 is -1.96. The molecule has 4 nitrogen and oxygen atoms in total. The number of hydrogen-bond donors (Lipinski definition) is 2. The molecule has 0 aliphatic carbocycles. The number of ether oxygens (including phenoxy) is 1. The van der Waals surface area contributed by atoms with Gasteiger partial charge in [-0.1, -0.05) is 0 Å². The minimum Gasteiger partial charge on any atom is -0.457 e. The van der Waals surface area contributed by atoms with E-state index in [-0.39, 0.29) is 0 Å². The average molecular weight is 249 g/mol. The van der Waals surface area contributed by atoms with Crippen molar-refractivity contribution in [1.29, 1.82) is 0 Å². The Hall–Kier alpha value is -1.85. The van der Waals surface area contributed by atoms with Crippen LogP contribution in [0.4, 0.5) is 5.69 Å². The molecule has 0 aliphatic heterocycles. The monoisotopic (exact) mass is 249 g/mol. The van der Waals surface area contributed by atoms with Crippen LogP contribution in [0.5, 0.6) is 11.5 Å². The molecule has 1 atom stereocenters. The Balaban J connectivity index is 2.13. The van der Waals surface area contributed by atoms with E-state index in [2.05, 4.69) is 0 Å². The van der Waals surface area contributed by atoms with Crippen LogP contribution in [-0.4, -0.2) is 8.76 Å². The molecule has 0 aromatic heterocycles. The van der Waals surface area contributed by atoms with Crippen molar-refractivity contribution >= 4 is 16.8 Å². The van der Waals surface area contributed by atoms with Crippen molar-refractivity contribution < 1.29 is 13.5 Å². The fourth-order valence-corrected chi connectivity index (χ4v) is 1.66. The lowest BCUT2D eigenvalue weighted by molar-refractivity contribution is 0.482. The van der Waals surface area contributed by atoms with Gasteiger partial charge in [0.2, 0.25) is 0 Å². The van der Waals surface area contributed by atoms with Crippen LogP contribution in [0.2, 0.25) is 0 Å². The molecule has 0 heterocycles. The van der Waals surface area contributed by atoms with Gasteiger partial charge in [-0.3, -0.25) is 0 Å². The Kier molecular flexibility index (Phi) is 3.41. The van der Waals surface area contributed by atoms with Crippen LogP contribution in [0, 0.1) is 0 Å². The van der Waals surface area contributed by atoms with Gasteiger partial charge < -0.3 is 15.0 Å². The third-order valence-electron chi connectivity index (χ3n) is 2.14. The zero-order valence-corrected chi connectivity index (χ0v) is 9.68. The largest absolute Gasteiger partial charge is 0.457 e. The summed E-state index contributed by atoms with van der Waals surface area (Å²) in [6.07, 6.45) is 0. The summed E-state index contributed by atoms with van der Waals surface area (Å²) in [7, 11) is 0. The predicted molar refractivity (Wildman–Crippen MR) is 66.4 cm³/mol. The van der Waals surface area contributed by atoms with Crippen LogP contribution < -0.4 is 10.5 Å². The first-order valence-corrected chi connectivity index (χ1v) is 6.00. The molecule has 2 aromatic rings. The van der Waals surface area contributed by atoms with E-state index in [1.165, 1.54) is 0 Å². The summed E-state index contributed by atoms with van der Waals surface area (Å²) < 4.78 is 25.1. The molecular weight excluding hydrogens is 238 g/mol. The lowest BCUT2D eigenvalue weighted by Gasteiger charge is -2.06. The Morgan fingerprint density at radius 3 is 1.88 bits per heavy atom. The first kappa shape index (κ1) is 11.6. The maximum Gasteiger partial charge on any atom is 0.186 e. The van der Waals surface area contributed by atoms with Gasteiger partial charge in [-0.2, -0.15) is 0 Å². The summed E-state index contributed by atoms with van der Waals surface area (Å²) in [5, 5.41) is 0. The van der Waals surface area contributed by atoms with Crippen molar-refractivity contribution in [3.8, 4) is 11.5 Å². The van der Waals surface area contributed by atoms with E-state index in [0.717, 1.165) is 0 Å². The topological polar surface area (TPSA) is 72.5 Å². The quantitative estimate of drug-likeness (QED) is 0.648. The van der Waals surface area contributed by atoms with Crippen LogP contribution in [-0.2, 0) is 11.1 Å². The number of anilines is 1. The number of hydrogen-bond acceptors (Lipinski definition) is 3. The predicted octanol–water partition coefficient (Wildman–Crippen LogP) is 2.64. The Labute approximate surface area is 101 Å². The molecule has 0 aliphatic rings. The van der Waals surface area contributed by atoms with Crippen molar-refractivity contribution in [2.45, 2.75) is 4.90 Å². The van der Waals surface area contributed by atoms with E-state index in [9.17, 15) is 4.21 Å². The van der Waals surface area contributed by atoms with Crippen LogP contribution in [0.3, 0.4) is 0 Å². The van der Waals surface area contributed by atoms with Crippen molar-refractivity contribution in [2.75, 3.05) is 5.73 Å². The molecule has 0 radical (unpaired) electrons. The van der Waals surface area contributed by atoms with Gasteiger partial charge in [0.1, 0.15) is 11.5 Å². The third kappa shape index (κ3) is 3.05. The van der Waals surface area contributed by atoms with Gasteiger partial charge >= 0.3 is 0 Å². The highest BCUT2D eigenvalue weighted by Gasteiger charge is 2.01. The molecule has 0 saturated heterocycles. The lowest BCUT2D eigenvalue weighted by atomic mass is 10.3. The smallest absolute Gasteiger partial charge is 0.186 e. The zero-order chi connectivity index (χ0) is 12.3. The summed E-state index contributed by atoms with van der Waals surface area (Å²) in [5.74, 6) is 1.26. The SMILES string of the molecule is Nc1ccc(Oc2ccc(S(=O)O)cc2)cc1. The van der Waals surface area contributed by atoms with E-state index in [4.69, 9.17) is 15.0 Å². The molecule has 2 aromatic carbocycles. The van der Waals surface area contributed by atoms with Crippen LogP contribution in [0.15, 0.2) is 53.4 Å². The maximum atomic E-state index is 10.8. The second kappa shape index (κ2) is 4.99. The Morgan fingerprint density at radius 2 is 1.41 bits per heavy atom. The molecule has 0 saturated carbocycles. The van der Waals surface area contributed by atoms with Crippen molar-refractivity contribution in [3.05, 3.63) is 48.5 Å². The van der Waals surface area contributed by atoms with E-state index in [0.29, 0.717) is 22.1 Å². The van der Waals surface area contributed by atoms with Crippen molar-refractivity contribution in [2.24, 2.45) is 0 Å². The van der Waals surface area contributed by atoms with Gasteiger partial charge in [0.15, 0.2) is 11.1 Å². The molecule has 0 spiro atoms. The minimum absolute atomic E-state index is 0.342. The van der Waals surface area contributed by atoms with E-state index >= 15 is 0 Å². The van der Waals surface area contributed by atoms with Crippen molar-refractivity contribution in [3.63, 3.8) is 0 Å². The maximum absolute atomic E-state index is 10.8. The molecule has 0 amide bonds. The number of benzene rings is 2. The number of nitrogen functional groups attached to an aromatic ring is 1. The van der Waals surface area contributed by atoms with Gasteiger partial charge in [-0.05, 0) is 48.5 Å². The Bertz CT molecular complexity index is 522. The highest BCUT2D eigenvalue weighted by atomic mass is 32.2. The second-order valence-corrected chi connectivity index (χ2v) is 4.36. The van der Waals surface area contributed by atoms with Crippen LogP contribution >= 0.6 is 0 Å². The molecule has 0 fully saturated rings. The highest BCUT2D eigenvalue weighted by molar-refractivity contribution is 7.79. The van der Waals surface area contributed by atoms with E-state index < -0.39 is 11.1 Å². The summed E-state index contributed by atoms with van der Waals surface area (Å²) in [5.41, 5.74) is 6.23. The molecule has 3 N–H and O–H groups in total. The first-order chi connectivity index (χ1) is 8.15. The first-order valence-electron chi connectivity index (χ1n) is 4.89. The third-order valence-corrected chi connectivity index (χ3v) is 2.82. The van der Waals surface area contributed by atoms with Gasteiger partial charge in [-0.25, -0.2) is 4.21 Å². The molecule has 2 rings (SSSR count). The zero-order valence-electron chi connectivity index (χ0n) is 8.87. The second-order valence-electron chi connectivity index (χ2n) is 3.39. The van der Waals surface area contributed by atoms with Gasteiger partial charge in [0, 0.05) is 5.69 Å². The fourth-order valence-electron chi connectivity index (χ4n) is 1.30. The van der Waals surface area contributed by atoms with E-state index in [1.54, 1.807) is 48.5 Å². The fraction of sp³-hybridized carbons (Fsp3) is 0. The molecule has 0 bridgehead atoms. The van der Waals surface area contributed by atoms with Crippen LogP contribution in [0.25, 0.3) is 0 Å². The van der Waals surface area contributed by atoms with Crippen molar-refractivity contribution in [1.82, 2.24) is 0 Å². The average Bonchev–Trinajstić information content (AvgIpc) is 2.33. The highest BCUT2D eigenvalue weighted by Crippen LogP contribution is 2.22. The molecule has 17 heavy (non-hydrogen) atoms. The molecule has 1 unspecified atom stereocenters. The molecular formula is C12H11NO3S. The van der Waals surface area contributed by atoms with Gasteiger partial charge in [0.25, 0.3) is 0 Å². The normalized spacial score (nSPS) is 12.1.